The summed E-state index contributed by atoms with van der Waals surface area (Å²) in [6.45, 7) is 1.11. The number of hydrogen-bond donors (Lipinski definition) is 0. The van der Waals surface area contributed by atoms with Gasteiger partial charge in [-0.1, -0.05) is 11.6 Å². The first-order valence-electron chi connectivity index (χ1n) is 4.69. The number of carbonyl (C=O) groups is 2. The Kier molecular flexibility index (Phi) is 3.07. The zero-order chi connectivity index (χ0) is 10.8. The fourth-order valence-corrected chi connectivity index (χ4v) is 2.65. The van der Waals surface area contributed by atoms with Crippen LogP contribution < -0.4 is 0 Å². The van der Waals surface area contributed by atoms with Gasteiger partial charge in [0, 0.05) is 17.8 Å². The number of hydrogen-bond acceptors (Lipinski definition) is 3. The van der Waals surface area contributed by atoms with Crippen molar-refractivity contribution in [2.45, 2.75) is 19.4 Å². The van der Waals surface area contributed by atoms with Gasteiger partial charge in [0.1, 0.15) is 5.78 Å². The van der Waals surface area contributed by atoms with Crippen molar-refractivity contribution in [1.82, 2.24) is 4.90 Å². The van der Waals surface area contributed by atoms with E-state index in [1.165, 1.54) is 11.3 Å². The van der Waals surface area contributed by atoms with Crippen LogP contribution in [-0.4, -0.2) is 23.1 Å². The summed E-state index contributed by atoms with van der Waals surface area (Å²) in [5.74, 6) is -0.0313. The summed E-state index contributed by atoms with van der Waals surface area (Å²) in [4.78, 5) is 25.3. The molecule has 2 heterocycles. The molecule has 1 fully saturated rings. The summed E-state index contributed by atoms with van der Waals surface area (Å²) in [5.41, 5.74) is 0. The minimum absolute atomic E-state index is 0.0421. The van der Waals surface area contributed by atoms with Crippen molar-refractivity contribution in [2.75, 3.05) is 6.54 Å². The quantitative estimate of drug-likeness (QED) is 0.746. The van der Waals surface area contributed by atoms with Gasteiger partial charge in [-0.05, 0) is 12.1 Å². The van der Waals surface area contributed by atoms with E-state index in [2.05, 4.69) is 0 Å². The van der Waals surface area contributed by atoms with Crippen LogP contribution in [0.3, 0.4) is 0 Å². The van der Waals surface area contributed by atoms with Crippen molar-refractivity contribution in [1.29, 1.82) is 0 Å². The lowest BCUT2D eigenvalue weighted by Gasteiger charge is -2.25. The van der Waals surface area contributed by atoms with Gasteiger partial charge in [0.2, 0.25) is 5.91 Å². The van der Waals surface area contributed by atoms with Crippen LogP contribution in [0.5, 0.6) is 0 Å². The summed E-state index contributed by atoms with van der Waals surface area (Å²) in [5, 5.41) is 0. The van der Waals surface area contributed by atoms with Gasteiger partial charge < -0.3 is 4.90 Å². The maximum atomic E-state index is 11.5. The molecule has 1 saturated heterocycles. The van der Waals surface area contributed by atoms with Crippen LogP contribution in [0.4, 0.5) is 0 Å². The summed E-state index contributed by atoms with van der Waals surface area (Å²) in [7, 11) is 0. The molecule has 0 bridgehead atoms. The molecule has 0 atom stereocenters. The topological polar surface area (TPSA) is 37.4 Å². The molecule has 0 aliphatic carbocycles. The highest BCUT2D eigenvalue weighted by molar-refractivity contribution is 7.16. The molecule has 0 spiro atoms. The average molecular weight is 244 g/mol. The van der Waals surface area contributed by atoms with Gasteiger partial charge in [0.15, 0.2) is 0 Å². The van der Waals surface area contributed by atoms with E-state index in [0.29, 0.717) is 19.5 Å². The summed E-state index contributed by atoms with van der Waals surface area (Å²) in [6.07, 6.45) is 0.532. The lowest BCUT2D eigenvalue weighted by atomic mass is 10.1. The van der Waals surface area contributed by atoms with Crippen LogP contribution in [0.2, 0.25) is 4.34 Å². The molecular weight excluding hydrogens is 234 g/mol. The van der Waals surface area contributed by atoms with Crippen LogP contribution >= 0.6 is 22.9 Å². The lowest BCUT2D eigenvalue weighted by Crippen LogP contribution is -2.38. The van der Waals surface area contributed by atoms with Crippen LogP contribution in [0.25, 0.3) is 0 Å². The molecule has 1 aliphatic heterocycles. The third-order valence-electron chi connectivity index (χ3n) is 2.34. The van der Waals surface area contributed by atoms with Gasteiger partial charge in [-0.3, -0.25) is 9.59 Å². The molecule has 1 aromatic rings. The highest BCUT2D eigenvalue weighted by Crippen LogP contribution is 2.23. The number of Topliss-reactive ketones (excluding diaryl/α,β-unsaturated/α-hetero) is 1. The summed E-state index contributed by atoms with van der Waals surface area (Å²) >= 11 is 7.27. The van der Waals surface area contributed by atoms with Crippen molar-refractivity contribution in [3.05, 3.63) is 21.3 Å². The Balaban J connectivity index is 2.00. The Bertz CT molecular complexity index is 402. The third kappa shape index (κ3) is 2.58. The SMILES string of the molecule is O=C1CCN(Cc2ccc(Cl)s2)C(=O)C1. The molecule has 0 unspecified atom stereocenters. The smallest absolute Gasteiger partial charge is 0.230 e. The second kappa shape index (κ2) is 4.33. The number of piperidine rings is 1. The van der Waals surface area contributed by atoms with Crippen molar-refractivity contribution in [2.24, 2.45) is 0 Å². The van der Waals surface area contributed by atoms with Gasteiger partial charge in [0.25, 0.3) is 0 Å². The van der Waals surface area contributed by atoms with E-state index in [1.54, 1.807) is 4.90 Å². The normalized spacial score (nSPS) is 17.3. The number of halogens is 1. The number of rotatable bonds is 2. The molecule has 1 aromatic heterocycles. The monoisotopic (exact) mass is 243 g/mol. The van der Waals surface area contributed by atoms with E-state index in [4.69, 9.17) is 11.6 Å². The van der Waals surface area contributed by atoms with Gasteiger partial charge in [-0.2, -0.15) is 0 Å². The predicted octanol–water partition coefficient (Wildman–Crippen LogP) is 2.09. The van der Waals surface area contributed by atoms with Gasteiger partial charge >= 0.3 is 0 Å². The minimum Gasteiger partial charge on any atom is -0.337 e. The second-order valence-electron chi connectivity index (χ2n) is 3.49. The first-order valence-corrected chi connectivity index (χ1v) is 5.88. The fourth-order valence-electron chi connectivity index (χ4n) is 1.55. The number of ketones is 1. The van der Waals surface area contributed by atoms with E-state index in [0.717, 1.165) is 9.21 Å². The molecule has 80 valence electrons. The molecule has 0 saturated carbocycles. The Hall–Kier alpha value is -0.870. The Morgan fingerprint density at radius 2 is 2.20 bits per heavy atom. The molecule has 2 rings (SSSR count). The van der Waals surface area contributed by atoms with E-state index in [9.17, 15) is 9.59 Å². The largest absolute Gasteiger partial charge is 0.337 e. The van der Waals surface area contributed by atoms with E-state index >= 15 is 0 Å². The zero-order valence-corrected chi connectivity index (χ0v) is 9.61. The molecule has 0 aromatic carbocycles. The first kappa shape index (κ1) is 10.6. The summed E-state index contributed by atoms with van der Waals surface area (Å²) in [6, 6.07) is 3.73. The molecular formula is C10H10ClNO2S. The Morgan fingerprint density at radius 1 is 1.40 bits per heavy atom. The van der Waals surface area contributed by atoms with Crippen LogP contribution in [0.1, 0.15) is 17.7 Å². The zero-order valence-electron chi connectivity index (χ0n) is 8.03. The van der Waals surface area contributed by atoms with E-state index in [-0.39, 0.29) is 18.1 Å². The number of nitrogens with zero attached hydrogens (tertiary/aromatic N) is 1. The molecule has 0 N–H and O–H groups in total. The summed E-state index contributed by atoms with van der Waals surface area (Å²) < 4.78 is 0.727. The standard InChI is InChI=1S/C10H10ClNO2S/c11-9-2-1-8(15-9)6-12-4-3-7(13)5-10(12)14/h1-2H,3-6H2. The van der Waals surface area contributed by atoms with Crippen LogP contribution in [-0.2, 0) is 16.1 Å². The van der Waals surface area contributed by atoms with Crippen molar-refractivity contribution in [3.8, 4) is 0 Å². The lowest BCUT2D eigenvalue weighted by molar-refractivity contribution is -0.139. The maximum absolute atomic E-state index is 11.5. The average Bonchev–Trinajstić information content (AvgIpc) is 2.56. The van der Waals surface area contributed by atoms with Crippen LogP contribution in [0, 0.1) is 0 Å². The van der Waals surface area contributed by atoms with Crippen molar-refractivity contribution >= 4 is 34.6 Å². The van der Waals surface area contributed by atoms with Gasteiger partial charge in [-0.25, -0.2) is 0 Å². The Labute approximate surface area is 96.6 Å². The molecule has 3 nitrogen and oxygen atoms in total. The molecule has 5 heteroatoms. The predicted molar refractivity (Wildman–Crippen MR) is 59.0 cm³/mol. The number of amides is 1. The van der Waals surface area contributed by atoms with Crippen molar-refractivity contribution in [3.63, 3.8) is 0 Å². The maximum Gasteiger partial charge on any atom is 0.230 e. The highest BCUT2D eigenvalue weighted by atomic mass is 35.5. The fraction of sp³-hybridized carbons (Fsp3) is 0.400. The van der Waals surface area contributed by atoms with E-state index < -0.39 is 0 Å². The van der Waals surface area contributed by atoms with E-state index in [1.807, 2.05) is 12.1 Å². The minimum atomic E-state index is -0.0734. The number of likely N-dealkylation sites (tertiary alicyclic amines) is 1. The van der Waals surface area contributed by atoms with Crippen LogP contribution in [0.15, 0.2) is 12.1 Å². The number of thiophene rings is 1. The van der Waals surface area contributed by atoms with Crippen molar-refractivity contribution < 1.29 is 9.59 Å². The molecule has 1 amide bonds. The highest BCUT2D eigenvalue weighted by Gasteiger charge is 2.23. The Morgan fingerprint density at radius 3 is 2.80 bits per heavy atom. The molecule has 1 aliphatic rings. The van der Waals surface area contributed by atoms with Gasteiger partial charge in [-0.15, -0.1) is 11.3 Å². The third-order valence-corrected chi connectivity index (χ3v) is 3.55. The molecule has 0 radical (unpaired) electrons. The number of carbonyl (C=O) groups excluding carboxylic acids is 2. The first-order chi connectivity index (χ1) is 7.15. The second-order valence-corrected chi connectivity index (χ2v) is 5.29. The molecule has 15 heavy (non-hydrogen) atoms. The van der Waals surface area contributed by atoms with Gasteiger partial charge in [0.05, 0.1) is 17.3 Å².